The van der Waals surface area contributed by atoms with Crippen LogP contribution in [0, 0.1) is 23.2 Å². The van der Waals surface area contributed by atoms with Crippen molar-refractivity contribution in [3.05, 3.63) is 0 Å². The van der Waals surface area contributed by atoms with Crippen molar-refractivity contribution in [1.82, 2.24) is 0 Å². The van der Waals surface area contributed by atoms with E-state index in [0.29, 0.717) is 0 Å². The lowest BCUT2D eigenvalue weighted by atomic mass is 9.48. The number of hydrogen-bond donors (Lipinski definition) is 1. The Kier molecular flexibility index (Phi) is 2.78. The van der Waals surface area contributed by atoms with Gasteiger partial charge in [-0.2, -0.15) is 0 Å². The Morgan fingerprint density at radius 1 is 1.06 bits per heavy atom. The van der Waals surface area contributed by atoms with E-state index in [4.69, 9.17) is 0 Å². The molecule has 0 radical (unpaired) electrons. The summed E-state index contributed by atoms with van der Waals surface area (Å²) in [5.41, 5.74) is 0.726. The quantitative estimate of drug-likeness (QED) is 0.768. The number of aliphatic hydroxyl groups excluding tert-OH is 1. The highest BCUT2D eigenvalue weighted by Gasteiger charge is 2.50. The molecular formula is C15H26O. The third kappa shape index (κ3) is 2.03. The molecule has 0 aliphatic heterocycles. The molecule has 0 aromatic rings. The second-order valence-electron chi connectivity index (χ2n) is 7.16. The van der Waals surface area contributed by atoms with Gasteiger partial charge in [-0.05, 0) is 81.5 Å². The van der Waals surface area contributed by atoms with E-state index in [2.05, 4.69) is 0 Å². The van der Waals surface area contributed by atoms with Crippen molar-refractivity contribution >= 4 is 0 Å². The van der Waals surface area contributed by atoms with Gasteiger partial charge in [0.1, 0.15) is 0 Å². The Bertz CT molecular complexity index is 221. The summed E-state index contributed by atoms with van der Waals surface area (Å²) in [6, 6.07) is 0. The Balaban J connectivity index is 1.60. The smallest absolute Gasteiger partial charge is 0.0512 e. The average molecular weight is 222 g/mol. The van der Waals surface area contributed by atoms with Gasteiger partial charge in [-0.15, -0.1) is 0 Å². The molecule has 1 N–H and O–H groups in total. The zero-order valence-corrected chi connectivity index (χ0v) is 10.6. The lowest BCUT2D eigenvalue weighted by molar-refractivity contribution is -0.0592. The Morgan fingerprint density at radius 2 is 1.56 bits per heavy atom. The van der Waals surface area contributed by atoms with Crippen LogP contribution in [0.1, 0.15) is 64.7 Å². The van der Waals surface area contributed by atoms with Gasteiger partial charge in [-0.3, -0.25) is 0 Å². The maximum Gasteiger partial charge on any atom is 0.0512 e. The van der Waals surface area contributed by atoms with Crippen LogP contribution in [0.5, 0.6) is 0 Å². The standard InChI is InChI=1S/C15H26O/c1-11(16)3-2-4-15-8-12-5-13(9-15)7-14(6-12)10-15/h11-14,16H,2-10H2,1H3/t11-,12?,13?,14?,15?/m0/s1. The van der Waals surface area contributed by atoms with Gasteiger partial charge < -0.3 is 5.11 Å². The molecule has 0 unspecified atom stereocenters. The monoisotopic (exact) mass is 222 g/mol. The summed E-state index contributed by atoms with van der Waals surface area (Å²) in [6.07, 6.45) is 12.8. The first-order chi connectivity index (χ1) is 7.65. The topological polar surface area (TPSA) is 20.2 Å². The molecule has 0 saturated heterocycles. The summed E-state index contributed by atoms with van der Waals surface area (Å²) in [6.45, 7) is 1.93. The van der Waals surface area contributed by atoms with Crippen LogP contribution in [0.4, 0.5) is 0 Å². The third-order valence-corrected chi connectivity index (χ3v) is 5.49. The molecule has 0 amide bonds. The summed E-state index contributed by atoms with van der Waals surface area (Å²) < 4.78 is 0. The van der Waals surface area contributed by atoms with E-state index in [-0.39, 0.29) is 6.10 Å². The maximum atomic E-state index is 9.37. The maximum absolute atomic E-state index is 9.37. The molecule has 16 heavy (non-hydrogen) atoms. The van der Waals surface area contributed by atoms with Crippen LogP contribution in [-0.4, -0.2) is 11.2 Å². The summed E-state index contributed by atoms with van der Waals surface area (Å²) in [7, 11) is 0. The summed E-state index contributed by atoms with van der Waals surface area (Å²) >= 11 is 0. The first kappa shape index (κ1) is 11.1. The number of rotatable bonds is 4. The zero-order chi connectivity index (χ0) is 11.2. The SMILES string of the molecule is C[C@H](O)CCCC12CC3CC(CC(C3)C1)C2. The summed E-state index contributed by atoms with van der Waals surface area (Å²) in [5.74, 6) is 3.24. The minimum Gasteiger partial charge on any atom is -0.393 e. The molecule has 0 aromatic heterocycles. The molecule has 0 spiro atoms. The molecule has 1 heteroatoms. The molecule has 1 atom stereocenters. The van der Waals surface area contributed by atoms with Gasteiger partial charge in [-0.25, -0.2) is 0 Å². The van der Waals surface area contributed by atoms with E-state index in [1.807, 2.05) is 6.92 Å². The molecule has 0 heterocycles. The summed E-state index contributed by atoms with van der Waals surface area (Å²) in [5, 5.41) is 9.37. The molecule has 0 aromatic carbocycles. The van der Waals surface area contributed by atoms with Crippen LogP contribution in [0.3, 0.4) is 0 Å². The van der Waals surface area contributed by atoms with E-state index in [1.54, 1.807) is 19.3 Å². The lowest BCUT2D eigenvalue weighted by Gasteiger charge is -2.57. The number of hydrogen-bond acceptors (Lipinski definition) is 1. The van der Waals surface area contributed by atoms with Gasteiger partial charge in [0.15, 0.2) is 0 Å². The fourth-order valence-corrected chi connectivity index (χ4v) is 5.37. The van der Waals surface area contributed by atoms with Crippen molar-refractivity contribution in [3.63, 3.8) is 0 Å². The number of aliphatic hydroxyl groups is 1. The fourth-order valence-electron chi connectivity index (χ4n) is 5.37. The van der Waals surface area contributed by atoms with Crippen LogP contribution in [-0.2, 0) is 0 Å². The van der Waals surface area contributed by atoms with Gasteiger partial charge in [0, 0.05) is 0 Å². The molecule has 4 saturated carbocycles. The first-order valence-electron chi connectivity index (χ1n) is 7.33. The second kappa shape index (κ2) is 4.01. The van der Waals surface area contributed by atoms with Gasteiger partial charge in [-0.1, -0.05) is 6.42 Å². The normalized spacial score (nSPS) is 47.2. The Labute approximate surface area is 99.6 Å². The average Bonchev–Trinajstić information content (AvgIpc) is 2.13. The second-order valence-corrected chi connectivity index (χ2v) is 7.16. The van der Waals surface area contributed by atoms with Crippen molar-refractivity contribution in [2.45, 2.75) is 70.8 Å². The fraction of sp³-hybridized carbons (Fsp3) is 1.00. The van der Waals surface area contributed by atoms with Crippen molar-refractivity contribution in [2.75, 3.05) is 0 Å². The molecule has 4 fully saturated rings. The third-order valence-electron chi connectivity index (χ3n) is 5.49. The highest BCUT2D eigenvalue weighted by atomic mass is 16.3. The van der Waals surface area contributed by atoms with E-state index in [1.165, 1.54) is 32.1 Å². The zero-order valence-electron chi connectivity index (χ0n) is 10.6. The van der Waals surface area contributed by atoms with Gasteiger partial charge in [0.25, 0.3) is 0 Å². The van der Waals surface area contributed by atoms with Crippen molar-refractivity contribution < 1.29 is 5.11 Å². The highest BCUT2D eigenvalue weighted by Crippen LogP contribution is 2.61. The van der Waals surface area contributed by atoms with Crippen molar-refractivity contribution in [2.24, 2.45) is 23.2 Å². The first-order valence-corrected chi connectivity index (χ1v) is 7.33. The van der Waals surface area contributed by atoms with E-state index >= 15 is 0 Å². The van der Waals surface area contributed by atoms with Gasteiger partial charge in [0.05, 0.1) is 6.10 Å². The minimum absolute atomic E-state index is 0.0890. The predicted octanol–water partition coefficient (Wildman–Crippen LogP) is 3.75. The summed E-state index contributed by atoms with van der Waals surface area (Å²) in [4.78, 5) is 0. The van der Waals surface area contributed by atoms with E-state index in [0.717, 1.165) is 29.6 Å². The lowest BCUT2D eigenvalue weighted by Crippen LogP contribution is -2.45. The van der Waals surface area contributed by atoms with Crippen molar-refractivity contribution in [1.29, 1.82) is 0 Å². The molecule has 92 valence electrons. The van der Waals surface area contributed by atoms with Crippen LogP contribution < -0.4 is 0 Å². The molecule has 4 aliphatic rings. The van der Waals surface area contributed by atoms with Crippen LogP contribution >= 0.6 is 0 Å². The molecule has 4 aliphatic carbocycles. The Morgan fingerprint density at radius 3 is 2.00 bits per heavy atom. The van der Waals surface area contributed by atoms with Crippen LogP contribution in [0.2, 0.25) is 0 Å². The van der Waals surface area contributed by atoms with Gasteiger partial charge >= 0.3 is 0 Å². The molecule has 4 bridgehead atoms. The van der Waals surface area contributed by atoms with Crippen LogP contribution in [0.15, 0.2) is 0 Å². The Hall–Kier alpha value is -0.0400. The molecule has 4 rings (SSSR count). The molecular weight excluding hydrogens is 196 g/mol. The minimum atomic E-state index is -0.0890. The van der Waals surface area contributed by atoms with E-state index in [9.17, 15) is 5.11 Å². The van der Waals surface area contributed by atoms with E-state index < -0.39 is 0 Å². The van der Waals surface area contributed by atoms with Gasteiger partial charge in [0.2, 0.25) is 0 Å². The highest BCUT2D eigenvalue weighted by molar-refractivity contribution is 5.01. The van der Waals surface area contributed by atoms with Crippen molar-refractivity contribution in [3.8, 4) is 0 Å². The van der Waals surface area contributed by atoms with Crippen LogP contribution in [0.25, 0.3) is 0 Å². The molecule has 1 nitrogen and oxygen atoms in total. The predicted molar refractivity (Wildman–Crippen MR) is 66.1 cm³/mol. The largest absolute Gasteiger partial charge is 0.393 e.